The molecule has 170 valence electrons. The summed E-state index contributed by atoms with van der Waals surface area (Å²) in [6.07, 6.45) is 1.66. The van der Waals surface area contributed by atoms with E-state index >= 15 is 0 Å². The van der Waals surface area contributed by atoms with Crippen LogP contribution in [0.4, 0.5) is 0 Å². The number of hydrogen-bond acceptors (Lipinski definition) is 5. The first-order chi connectivity index (χ1) is 15.5. The number of hydrogen-bond donors (Lipinski definition) is 0. The molecule has 1 heterocycles. The fourth-order valence-corrected chi connectivity index (χ4v) is 4.44. The van der Waals surface area contributed by atoms with Crippen molar-refractivity contribution in [2.45, 2.75) is 45.5 Å². The zero-order valence-electron chi connectivity index (χ0n) is 19.0. The Morgan fingerprint density at radius 3 is 2.31 bits per heavy atom. The van der Waals surface area contributed by atoms with Gasteiger partial charge >= 0.3 is 0 Å². The van der Waals surface area contributed by atoms with Crippen LogP contribution >= 0.6 is 11.8 Å². The van der Waals surface area contributed by atoms with Crippen molar-refractivity contribution < 1.29 is 19.1 Å². The Labute approximate surface area is 194 Å². The molecule has 0 spiro atoms. The van der Waals surface area contributed by atoms with E-state index in [0.717, 1.165) is 23.3 Å². The lowest BCUT2D eigenvalue weighted by molar-refractivity contribution is -0.136. The van der Waals surface area contributed by atoms with Crippen molar-refractivity contribution in [3.8, 4) is 5.75 Å². The molecular formula is C26H31NO4S. The first kappa shape index (κ1) is 24.1. The van der Waals surface area contributed by atoms with Crippen LogP contribution in [0.1, 0.15) is 44.7 Å². The number of carbonyl (C=O) groups is 2. The van der Waals surface area contributed by atoms with Crippen LogP contribution in [0, 0.1) is 0 Å². The maximum Gasteiger partial charge on any atom is 0.267 e. The topological polar surface area (TPSA) is 55.8 Å². The van der Waals surface area contributed by atoms with Gasteiger partial charge in [0.25, 0.3) is 11.8 Å². The Kier molecular flexibility index (Phi) is 8.94. The molecule has 0 radical (unpaired) electrons. The third kappa shape index (κ3) is 6.24. The number of nitrogens with zero attached hydrogens (tertiary/aromatic N) is 1. The Bertz CT molecular complexity index is 938. The van der Waals surface area contributed by atoms with Crippen molar-refractivity contribution in [3.05, 3.63) is 70.6 Å². The van der Waals surface area contributed by atoms with Crippen LogP contribution in [0.2, 0.25) is 0 Å². The molecule has 0 saturated carbocycles. The predicted octanol–water partition coefficient (Wildman–Crippen LogP) is 5.30. The highest BCUT2D eigenvalue weighted by molar-refractivity contribution is 8.03. The van der Waals surface area contributed by atoms with Crippen molar-refractivity contribution in [1.82, 2.24) is 4.90 Å². The van der Waals surface area contributed by atoms with Gasteiger partial charge in [-0.15, -0.1) is 11.8 Å². The van der Waals surface area contributed by atoms with E-state index in [1.54, 1.807) is 0 Å². The van der Waals surface area contributed by atoms with Crippen LogP contribution in [0.15, 0.2) is 59.5 Å². The zero-order chi connectivity index (χ0) is 22.9. The van der Waals surface area contributed by atoms with E-state index in [2.05, 4.69) is 6.92 Å². The smallest absolute Gasteiger partial charge is 0.267 e. The standard InChI is InChI=1S/C26H31NO4S/c1-4-16-31-22-13-11-21(12-14-22)23-24(32-18-20-9-6-5-7-10-20)26(29)27(25(23)28)15-8-17-30-19(2)3/h5-7,9-14,19H,4,8,15-18H2,1-3H3. The summed E-state index contributed by atoms with van der Waals surface area (Å²) in [7, 11) is 0. The minimum atomic E-state index is -0.239. The molecule has 5 nitrogen and oxygen atoms in total. The molecule has 0 unspecified atom stereocenters. The molecule has 0 bridgehead atoms. The normalized spacial score (nSPS) is 14.1. The summed E-state index contributed by atoms with van der Waals surface area (Å²) in [5.41, 5.74) is 2.32. The van der Waals surface area contributed by atoms with Gasteiger partial charge in [0.2, 0.25) is 0 Å². The van der Waals surface area contributed by atoms with Crippen LogP contribution in [0.5, 0.6) is 5.75 Å². The predicted molar refractivity (Wildman–Crippen MR) is 129 cm³/mol. The minimum Gasteiger partial charge on any atom is -0.494 e. The largest absolute Gasteiger partial charge is 0.494 e. The quantitative estimate of drug-likeness (QED) is 0.322. The Morgan fingerprint density at radius 1 is 0.938 bits per heavy atom. The van der Waals surface area contributed by atoms with Crippen LogP contribution in [0.3, 0.4) is 0 Å². The molecule has 0 saturated heterocycles. The maximum atomic E-state index is 13.3. The van der Waals surface area contributed by atoms with Crippen LogP contribution in [0.25, 0.3) is 5.57 Å². The molecule has 0 fully saturated rings. The first-order valence-corrected chi connectivity index (χ1v) is 12.1. The van der Waals surface area contributed by atoms with Gasteiger partial charge in [-0.3, -0.25) is 14.5 Å². The average Bonchev–Trinajstić information content (AvgIpc) is 3.04. The van der Waals surface area contributed by atoms with E-state index in [1.165, 1.54) is 16.7 Å². The molecule has 2 amide bonds. The molecule has 2 aromatic rings. The van der Waals surface area contributed by atoms with Crippen LogP contribution < -0.4 is 4.74 Å². The molecule has 0 N–H and O–H groups in total. The number of amides is 2. The molecule has 0 atom stereocenters. The fourth-order valence-electron chi connectivity index (χ4n) is 3.35. The van der Waals surface area contributed by atoms with Gasteiger partial charge in [0, 0.05) is 18.9 Å². The molecule has 2 aromatic carbocycles. The summed E-state index contributed by atoms with van der Waals surface area (Å²) in [4.78, 5) is 28.4. The van der Waals surface area contributed by atoms with Crippen molar-refractivity contribution in [3.63, 3.8) is 0 Å². The van der Waals surface area contributed by atoms with Gasteiger partial charge < -0.3 is 9.47 Å². The van der Waals surface area contributed by atoms with E-state index in [1.807, 2.05) is 68.4 Å². The van der Waals surface area contributed by atoms with Gasteiger partial charge in [-0.2, -0.15) is 0 Å². The number of rotatable bonds is 12. The highest BCUT2D eigenvalue weighted by atomic mass is 32.2. The van der Waals surface area contributed by atoms with E-state index in [-0.39, 0.29) is 17.9 Å². The van der Waals surface area contributed by atoms with Gasteiger partial charge in [-0.1, -0.05) is 49.4 Å². The SMILES string of the molecule is CCCOc1ccc(C2=C(SCc3ccccc3)C(=O)N(CCCOC(C)C)C2=O)cc1. The lowest BCUT2D eigenvalue weighted by Gasteiger charge is -2.16. The number of carbonyl (C=O) groups excluding carboxylic acids is 2. The molecule has 1 aliphatic rings. The summed E-state index contributed by atoms with van der Waals surface area (Å²) in [5, 5.41) is 0. The minimum absolute atomic E-state index is 0.124. The van der Waals surface area contributed by atoms with Crippen molar-refractivity contribution in [2.24, 2.45) is 0 Å². The molecule has 0 aromatic heterocycles. The van der Waals surface area contributed by atoms with Crippen LogP contribution in [-0.4, -0.2) is 42.6 Å². The van der Waals surface area contributed by atoms with E-state index < -0.39 is 0 Å². The summed E-state index contributed by atoms with van der Waals surface area (Å²) in [5.74, 6) is 0.925. The number of ether oxygens (including phenoxy) is 2. The van der Waals surface area contributed by atoms with Crippen molar-refractivity contribution >= 4 is 29.1 Å². The maximum absolute atomic E-state index is 13.3. The highest BCUT2D eigenvalue weighted by Gasteiger charge is 2.38. The monoisotopic (exact) mass is 453 g/mol. The van der Waals surface area contributed by atoms with Gasteiger partial charge in [-0.05, 0) is 49.9 Å². The molecule has 3 rings (SSSR count). The summed E-state index contributed by atoms with van der Waals surface area (Å²) in [6.45, 7) is 7.50. The lowest BCUT2D eigenvalue weighted by Crippen LogP contribution is -2.33. The zero-order valence-corrected chi connectivity index (χ0v) is 19.8. The average molecular weight is 454 g/mol. The lowest BCUT2D eigenvalue weighted by atomic mass is 10.1. The summed E-state index contributed by atoms with van der Waals surface area (Å²) >= 11 is 1.42. The third-order valence-electron chi connectivity index (χ3n) is 4.94. The van der Waals surface area contributed by atoms with Gasteiger partial charge in [-0.25, -0.2) is 0 Å². The third-order valence-corrected chi connectivity index (χ3v) is 6.09. The Balaban J connectivity index is 1.81. The molecule has 6 heteroatoms. The molecule has 32 heavy (non-hydrogen) atoms. The second-order valence-corrected chi connectivity index (χ2v) is 8.87. The number of imide groups is 1. The van der Waals surface area contributed by atoms with Crippen molar-refractivity contribution in [1.29, 1.82) is 0 Å². The van der Waals surface area contributed by atoms with Gasteiger partial charge in [0.1, 0.15) is 5.75 Å². The number of thioether (sulfide) groups is 1. The van der Waals surface area contributed by atoms with E-state index in [0.29, 0.717) is 42.4 Å². The summed E-state index contributed by atoms with van der Waals surface area (Å²) in [6, 6.07) is 17.4. The second-order valence-electron chi connectivity index (χ2n) is 7.89. The van der Waals surface area contributed by atoms with Crippen LogP contribution in [-0.2, 0) is 20.1 Å². The summed E-state index contributed by atoms with van der Waals surface area (Å²) < 4.78 is 11.2. The Morgan fingerprint density at radius 2 is 1.66 bits per heavy atom. The van der Waals surface area contributed by atoms with Gasteiger partial charge in [0.15, 0.2) is 0 Å². The van der Waals surface area contributed by atoms with Crippen molar-refractivity contribution in [2.75, 3.05) is 19.8 Å². The first-order valence-electron chi connectivity index (χ1n) is 11.1. The fraction of sp³-hybridized carbons (Fsp3) is 0.385. The molecule has 1 aliphatic heterocycles. The van der Waals surface area contributed by atoms with E-state index in [4.69, 9.17) is 9.47 Å². The second kappa shape index (κ2) is 11.9. The molecule has 0 aliphatic carbocycles. The molecular weight excluding hydrogens is 422 g/mol. The van der Waals surface area contributed by atoms with Gasteiger partial charge in [0.05, 0.1) is 23.2 Å². The Hall–Kier alpha value is -2.57. The van der Waals surface area contributed by atoms with E-state index in [9.17, 15) is 9.59 Å². The highest BCUT2D eigenvalue weighted by Crippen LogP contribution is 2.38. The number of benzene rings is 2.